The molecule has 0 radical (unpaired) electrons. The number of rotatable bonds is 8. The van der Waals surface area contributed by atoms with Gasteiger partial charge in [-0.05, 0) is 20.3 Å². The van der Waals surface area contributed by atoms with Gasteiger partial charge in [-0.25, -0.2) is 0 Å². The largest absolute Gasteiger partial charge is 0.480 e. The molecule has 1 aliphatic rings. The van der Waals surface area contributed by atoms with E-state index in [4.69, 9.17) is 0 Å². The Morgan fingerprint density at radius 1 is 0.828 bits per heavy atom. The Kier molecular flexibility index (Phi) is 12.0. The maximum absolute atomic E-state index is 11.6. The molecule has 0 unspecified atom stereocenters. The molecule has 0 aromatic rings. The maximum atomic E-state index is 11.6. The molecule has 3 N–H and O–H groups in total. The summed E-state index contributed by atoms with van der Waals surface area (Å²) in [5.41, 5.74) is 0. The van der Waals surface area contributed by atoms with Crippen LogP contribution in [0.2, 0.25) is 0 Å². The minimum Gasteiger partial charge on any atom is -0.480 e. The number of hydrogen-bond donors (Lipinski definition) is 3. The van der Waals surface area contributed by atoms with E-state index >= 15 is 0 Å². The number of aliphatic carboxylic acids is 1. The Hall–Kier alpha value is -0.440. The molecule has 0 bridgehead atoms. The standard InChI is InChI=1S/C17H36N4O6P2/c1-16(22)12-18-4-8-20(14-28(2)3)9-5-19(13-17(23)24)7-11-21(10-6-18)15-29(25,26)27/h4-15H2,1-3H3,(H,23,24)(H2,25,26,27). The van der Waals surface area contributed by atoms with Gasteiger partial charge in [0.25, 0.3) is 0 Å². The van der Waals surface area contributed by atoms with Crippen LogP contribution >= 0.6 is 15.5 Å². The second kappa shape index (κ2) is 13.1. The van der Waals surface area contributed by atoms with Gasteiger partial charge in [-0.2, -0.15) is 0 Å². The second-order valence-electron chi connectivity index (χ2n) is 7.91. The van der Waals surface area contributed by atoms with Gasteiger partial charge in [0.2, 0.25) is 0 Å². The lowest BCUT2D eigenvalue weighted by molar-refractivity contribution is -0.138. The number of Topliss-reactive ketones (excluding diaryl/α,β-unsaturated/α-hetero) is 1. The van der Waals surface area contributed by atoms with Crippen molar-refractivity contribution < 1.29 is 29.0 Å². The highest BCUT2D eigenvalue weighted by Gasteiger charge is 2.23. The molecule has 0 saturated carbocycles. The molecule has 1 rings (SSSR count). The van der Waals surface area contributed by atoms with Crippen LogP contribution in [0.3, 0.4) is 0 Å². The summed E-state index contributed by atoms with van der Waals surface area (Å²) in [4.78, 5) is 49.5. The van der Waals surface area contributed by atoms with Crippen LogP contribution in [-0.2, 0) is 14.2 Å². The third kappa shape index (κ3) is 13.5. The molecule has 0 atom stereocenters. The minimum atomic E-state index is -4.23. The van der Waals surface area contributed by atoms with Crippen molar-refractivity contribution in [2.75, 3.05) is 91.3 Å². The van der Waals surface area contributed by atoms with E-state index in [0.717, 1.165) is 19.4 Å². The van der Waals surface area contributed by atoms with Crippen LogP contribution in [0, 0.1) is 0 Å². The van der Waals surface area contributed by atoms with E-state index < -0.39 is 13.6 Å². The SMILES string of the molecule is CC(=O)CN1CCN(CP(C)C)CCN(CC(=O)O)CCN(CP(=O)(O)O)CC1. The summed E-state index contributed by atoms with van der Waals surface area (Å²) in [7, 11) is -4.38. The fourth-order valence-corrected chi connectivity index (χ4v) is 5.23. The fourth-order valence-electron chi connectivity index (χ4n) is 3.34. The Morgan fingerprint density at radius 3 is 1.62 bits per heavy atom. The molecule has 1 heterocycles. The summed E-state index contributed by atoms with van der Waals surface area (Å²) in [6, 6.07) is 0. The van der Waals surface area contributed by atoms with Gasteiger partial charge in [0.1, 0.15) is 12.1 Å². The monoisotopic (exact) mass is 454 g/mol. The minimum absolute atomic E-state index is 0.0612. The number of carboxylic acid groups (broad SMARTS) is 1. The van der Waals surface area contributed by atoms with Crippen LogP contribution < -0.4 is 0 Å². The molecule has 12 heteroatoms. The van der Waals surface area contributed by atoms with E-state index in [9.17, 15) is 29.0 Å². The molecule has 10 nitrogen and oxygen atoms in total. The average Bonchev–Trinajstić information content (AvgIpc) is 2.54. The van der Waals surface area contributed by atoms with E-state index in [1.54, 1.807) is 11.8 Å². The van der Waals surface area contributed by atoms with Crippen molar-refractivity contribution >= 4 is 27.3 Å². The summed E-state index contributed by atoms with van der Waals surface area (Å²) in [5, 5.41) is 9.21. The Bertz CT molecular complexity index is 542. The first-order valence-electron chi connectivity index (χ1n) is 9.74. The Morgan fingerprint density at radius 2 is 1.24 bits per heavy atom. The van der Waals surface area contributed by atoms with Crippen LogP contribution in [0.15, 0.2) is 0 Å². The van der Waals surface area contributed by atoms with Crippen LogP contribution in [0.5, 0.6) is 0 Å². The highest BCUT2D eigenvalue weighted by molar-refractivity contribution is 7.55. The van der Waals surface area contributed by atoms with E-state index in [0.29, 0.717) is 45.8 Å². The van der Waals surface area contributed by atoms with Crippen LogP contribution in [0.1, 0.15) is 6.92 Å². The third-order valence-electron chi connectivity index (χ3n) is 4.60. The molecule has 0 aromatic heterocycles. The highest BCUT2D eigenvalue weighted by atomic mass is 31.2. The van der Waals surface area contributed by atoms with Gasteiger partial charge in [-0.15, -0.1) is 0 Å². The molecule has 29 heavy (non-hydrogen) atoms. The Labute approximate surface area is 174 Å². The van der Waals surface area contributed by atoms with Crippen molar-refractivity contribution in [3.63, 3.8) is 0 Å². The van der Waals surface area contributed by atoms with Gasteiger partial charge in [0.15, 0.2) is 0 Å². The quantitative estimate of drug-likeness (QED) is 0.422. The molecule has 0 aliphatic carbocycles. The molecular weight excluding hydrogens is 418 g/mol. The van der Waals surface area contributed by atoms with Gasteiger partial charge in [0, 0.05) is 58.6 Å². The van der Waals surface area contributed by atoms with Gasteiger partial charge in [0.05, 0.1) is 13.1 Å². The zero-order chi connectivity index (χ0) is 22.0. The summed E-state index contributed by atoms with van der Waals surface area (Å²) in [6.45, 7) is 10.6. The topological polar surface area (TPSA) is 125 Å². The molecule has 0 aromatic carbocycles. The smallest absolute Gasteiger partial charge is 0.339 e. The zero-order valence-electron chi connectivity index (χ0n) is 17.7. The predicted octanol–water partition coefficient (Wildman–Crippen LogP) is -0.284. The number of carbonyl (C=O) groups excluding carboxylic acids is 1. The lowest BCUT2D eigenvalue weighted by atomic mass is 10.3. The van der Waals surface area contributed by atoms with Gasteiger partial charge < -0.3 is 14.9 Å². The van der Waals surface area contributed by atoms with Crippen molar-refractivity contribution in [1.82, 2.24) is 19.6 Å². The molecular formula is C17H36N4O6P2. The van der Waals surface area contributed by atoms with E-state index in [1.807, 2.05) is 9.80 Å². The Balaban J connectivity index is 2.94. The average molecular weight is 454 g/mol. The zero-order valence-corrected chi connectivity index (χ0v) is 19.5. The molecule has 1 fully saturated rings. The number of carbonyl (C=O) groups is 2. The number of hydrogen-bond acceptors (Lipinski definition) is 7. The first-order chi connectivity index (χ1) is 13.4. The molecule has 1 saturated heterocycles. The molecule has 0 spiro atoms. The second-order valence-corrected chi connectivity index (χ2v) is 12.0. The summed E-state index contributed by atoms with van der Waals surface area (Å²) < 4.78 is 11.5. The van der Waals surface area contributed by atoms with E-state index in [2.05, 4.69) is 18.2 Å². The fraction of sp³-hybridized carbons (Fsp3) is 0.882. The van der Waals surface area contributed by atoms with Crippen molar-refractivity contribution in [1.29, 1.82) is 0 Å². The normalized spacial score (nSPS) is 20.3. The van der Waals surface area contributed by atoms with Gasteiger partial charge in [-0.3, -0.25) is 33.8 Å². The third-order valence-corrected chi connectivity index (χ3v) is 6.34. The van der Waals surface area contributed by atoms with Gasteiger partial charge >= 0.3 is 13.6 Å². The van der Waals surface area contributed by atoms with Crippen LogP contribution in [0.4, 0.5) is 0 Å². The lowest BCUT2D eigenvalue weighted by Gasteiger charge is -2.34. The summed E-state index contributed by atoms with van der Waals surface area (Å²) in [5.74, 6) is -0.850. The van der Waals surface area contributed by atoms with Crippen LogP contribution in [0.25, 0.3) is 0 Å². The van der Waals surface area contributed by atoms with Crippen LogP contribution in [-0.4, -0.2) is 138 Å². The molecule has 1 aliphatic heterocycles. The first-order valence-corrected chi connectivity index (χ1v) is 14.0. The van der Waals surface area contributed by atoms with Crippen molar-refractivity contribution in [2.24, 2.45) is 0 Å². The van der Waals surface area contributed by atoms with Gasteiger partial charge in [-0.1, -0.05) is 7.92 Å². The molecule has 170 valence electrons. The maximum Gasteiger partial charge on any atom is 0.339 e. The predicted molar refractivity (Wildman–Crippen MR) is 115 cm³/mol. The summed E-state index contributed by atoms with van der Waals surface area (Å²) >= 11 is 0. The van der Waals surface area contributed by atoms with Crippen molar-refractivity contribution in [2.45, 2.75) is 6.92 Å². The van der Waals surface area contributed by atoms with Crippen molar-refractivity contribution in [3.05, 3.63) is 0 Å². The number of ketones is 1. The van der Waals surface area contributed by atoms with Crippen molar-refractivity contribution in [3.8, 4) is 0 Å². The summed E-state index contributed by atoms with van der Waals surface area (Å²) in [6.07, 6.45) is 0.582. The molecule has 0 amide bonds. The first kappa shape index (κ1) is 26.6. The van der Waals surface area contributed by atoms with E-state index in [-0.39, 0.29) is 26.5 Å². The lowest BCUT2D eigenvalue weighted by Crippen LogP contribution is -2.47. The van der Waals surface area contributed by atoms with E-state index in [1.165, 1.54) is 0 Å². The number of nitrogens with zero attached hydrogens (tertiary/aromatic N) is 4. The highest BCUT2D eigenvalue weighted by Crippen LogP contribution is 2.34. The number of carboxylic acids is 1.